The van der Waals surface area contributed by atoms with Gasteiger partial charge in [0.15, 0.2) is 0 Å². The molecular formula is C3H4N2OS. The Morgan fingerprint density at radius 2 is 2.71 bits per heavy atom. The summed E-state index contributed by atoms with van der Waals surface area (Å²) in [6, 6.07) is 0. The summed E-state index contributed by atoms with van der Waals surface area (Å²) in [7, 11) is 0. The van der Waals surface area contributed by atoms with E-state index in [9.17, 15) is 0 Å². The first kappa shape index (κ1) is 4.64. The maximum absolute atomic E-state index is 4.42. The zero-order valence-electron chi connectivity index (χ0n) is 3.79. The minimum atomic E-state index is 0.681. The quantitative estimate of drug-likeness (QED) is 0.508. The van der Waals surface area contributed by atoms with Crippen molar-refractivity contribution in [3.8, 4) is 0 Å². The summed E-state index contributed by atoms with van der Waals surface area (Å²) in [5.41, 5.74) is 0. The molecule has 0 saturated carbocycles. The topological polar surface area (TPSA) is 38.9 Å². The zero-order valence-corrected chi connectivity index (χ0v) is 4.60. The summed E-state index contributed by atoms with van der Waals surface area (Å²) in [5.74, 6) is 0. The fraction of sp³-hybridized carbons (Fsp3) is 0.333. The largest absolute Gasteiger partial charge is 0.342 e. The molecule has 0 aromatic carbocycles. The van der Waals surface area contributed by atoms with Crippen LogP contribution < -0.4 is 0 Å². The van der Waals surface area contributed by atoms with Crippen LogP contribution in [0.2, 0.25) is 0 Å². The average Bonchev–Trinajstić information content (AvgIpc) is 2.14. The molecule has 0 amide bonds. The van der Waals surface area contributed by atoms with E-state index in [0.29, 0.717) is 5.16 Å². The van der Waals surface area contributed by atoms with E-state index in [0.717, 1.165) is 0 Å². The van der Waals surface area contributed by atoms with Crippen LogP contribution in [0.5, 0.6) is 0 Å². The van der Waals surface area contributed by atoms with Crippen LogP contribution in [-0.4, -0.2) is 16.4 Å². The molecule has 38 valence electrons. The molecule has 1 aromatic heterocycles. The Hall–Kier alpha value is -0.510. The minimum Gasteiger partial charge on any atom is -0.342 e. The van der Waals surface area contributed by atoms with E-state index >= 15 is 0 Å². The molecule has 0 fully saturated rings. The number of thioether (sulfide) groups is 1. The molecule has 0 spiro atoms. The van der Waals surface area contributed by atoms with E-state index in [1.54, 1.807) is 0 Å². The summed E-state index contributed by atoms with van der Waals surface area (Å²) in [4.78, 5) is 3.72. The summed E-state index contributed by atoms with van der Waals surface area (Å²) in [5, 5.41) is 4.19. The normalized spacial score (nSPS) is 9.29. The van der Waals surface area contributed by atoms with Crippen LogP contribution in [0.4, 0.5) is 0 Å². The van der Waals surface area contributed by atoms with Gasteiger partial charge in [-0.15, -0.1) is 0 Å². The Kier molecular flexibility index (Phi) is 1.31. The monoisotopic (exact) mass is 116 g/mol. The van der Waals surface area contributed by atoms with Crippen molar-refractivity contribution >= 4 is 11.8 Å². The molecule has 0 radical (unpaired) electrons. The van der Waals surface area contributed by atoms with E-state index in [2.05, 4.69) is 14.7 Å². The Bertz CT molecular complexity index is 127. The first-order valence-electron chi connectivity index (χ1n) is 1.74. The molecule has 1 aromatic rings. The molecular weight excluding hydrogens is 112 g/mol. The van der Waals surface area contributed by atoms with Crippen molar-refractivity contribution in [1.29, 1.82) is 0 Å². The lowest BCUT2D eigenvalue weighted by Gasteiger charge is -1.72. The highest BCUT2D eigenvalue weighted by Gasteiger charge is 1.88. The molecule has 4 heteroatoms. The maximum Gasteiger partial charge on any atom is 0.229 e. The lowest BCUT2D eigenvalue weighted by molar-refractivity contribution is 0.403. The predicted molar refractivity (Wildman–Crippen MR) is 26.1 cm³/mol. The minimum absolute atomic E-state index is 0.681. The van der Waals surface area contributed by atoms with Crippen molar-refractivity contribution in [2.75, 3.05) is 6.26 Å². The number of rotatable bonds is 1. The van der Waals surface area contributed by atoms with Crippen molar-refractivity contribution in [2.45, 2.75) is 5.16 Å². The van der Waals surface area contributed by atoms with Gasteiger partial charge in [0.05, 0.1) is 0 Å². The predicted octanol–water partition coefficient (Wildman–Crippen LogP) is 0.791. The fourth-order valence-electron chi connectivity index (χ4n) is 0.251. The van der Waals surface area contributed by atoms with Crippen LogP contribution in [0.1, 0.15) is 0 Å². The lowest BCUT2D eigenvalue weighted by atomic mass is 11.3. The van der Waals surface area contributed by atoms with E-state index < -0.39 is 0 Å². The molecule has 3 nitrogen and oxygen atoms in total. The van der Waals surface area contributed by atoms with Crippen LogP contribution in [0.3, 0.4) is 0 Å². The summed E-state index contributed by atoms with van der Waals surface area (Å²) < 4.78 is 4.42. The van der Waals surface area contributed by atoms with Gasteiger partial charge in [-0.25, -0.2) is 0 Å². The fourth-order valence-corrected chi connectivity index (χ4v) is 0.517. The molecule has 1 rings (SSSR count). The van der Waals surface area contributed by atoms with Gasteiger partial charge in [0.2, 0.25) is 11.6 Å². The Labute approximate surface area is 45.1 Å². The smallest absolute Gasteiger partial charge is 0.229 e. The molecule has 7 heavy (non-hydrogen) atoms. The van der Waals surface area contributed by atoms with Crippen molar-refractivity contribution in [3.05, 3.63) is 6.39 Å². The van der Waals surface area contributed by atoms with E-state index in [1.165, 1.54) is 18.2 Å². The van der Waals surface area contributed by atoms with Crippen LogP contribution >= 0.6 is 11.8 Å². The molecule has 0 unspecified atom stereocenters. The van der Waals surface area contributed by atoms with Crippen LogP contribution in [-0.2, 0) is 0 Å². The van der Waals surface area contributed by atoms with Gasteiger partial charge in [-0.05, 0) is 6.26 Å². The molecule has 0 N–H and O–H groups in total. The van der Waals surface area contributed by atoms with Gasteiger partial charge in [-0.3, -0.25) is 0 Å². The standard InChI is InChI=1S/C3H4N2OS/c1-7-3-4-2-6-5-3/h2H,1H3. The van der Waals surface area contributed by atoms with Crippen molar-refractivity contribution in [3.63, 3.8) is 0 Å². The second kappa shape index (κ2) is 1.97. The molecule has 1 heterocycles. The molecule has 0 saturated heterocycles. The van der Waals surface area contributed by atoms with Crippen molar-refractivity contribution in [1.82, 2.24) is 10.1 Å². The van der Waals surface area contributed by atoms with E-state index in [-0.39, 0.29) is 0 Å². The molecule has 0 aliphatic carbocycles. The number of hydrogen-bond acceptors (Lipinski definition) is 4. The molecule has 0 aliphatic rings. The zero-order chi connectivity index (χ0) is 5.11. The maximum atomic E-state index is 4.42. The third kappa shape index (κ3) is 0.928. The number of nitrogens with zero attached hydrogens (tertiary/aromatic N) is 2. The third-order valence-electron chi connectivity index (χ3n) is 0.524. The highest BCUT2D eigenvalue weighted by molar-refractivity contribution is 7.98. The van der Waals surface area contributed by atoms with Crippen molar-refractivity contribution in [2.24, 2.45) is 0 Å². The molecule has 0 aliphatic heterocycles. The van der Waals surface area contributed by atoms with Crippen LogP contribution in [0.15, 0.2) is 16.1 Å². The number of aromatic nitrogens is 2. The highest BCUT2D eigenvalue weighted by Crippen LogP contribution is 2.03. The molecule has 0 atom stereocenters. The third-order valence-corrected chi connectivity index (χ3v) is 1.07. The first-order valence-corrected chi connectivity index (χ1v) is 2.96. The van der Waals surface area contributed by atoms with Gasteiger partial charge < -0.3 is 4.52 Å². The van der Waals surface area contributed by atoms with Gasteiger partial charge in [0.25, 0.3) is 0 Å². The van der Waals surface area contributed by atoms with Gasteiger partial charge >= 0.3 is 0 Å². The van der Waals surface area contributed by atoms with Crippen molar-refractivity contribution < 1.29 is 4.52 Å². The van der Waals surface area contributed by atoms with Gasteiger partial charge in [0, 0.05) is 0 Å². The Morgan fingerprint density at radius 1 is 1.86 bits per heavy atom. The van der Waals surface area contributed by atoms with Gasteiger partial charge in [-0.1, -0.05) is 16.9 Å². The lowest BCUT2D eigenvalue weighted by Crippen LogP contribution is -1.66. The van der Waals surface area contributed by atoms with Gasteiger partial charge in [-0.2, -0.15) is 4.98 Å². The van der Waals surface area contributed by atoms with Gasteiger partial charge in [0.1, 0.15) is 0 Å². The average molecular weight is 116 g/mol. The summed E-state index contributed by atoms with van der Waals surface area (Å²) >= 11 is 1.46. The highest BCUT2D eigenvalue weighted by atomic mass is 32.2. The second-order valence-corrected chi connectivity index (χ2v) is 1.69. The Balaban J connectivity index is 2.76. The summed E-state index contributed by atoms with van der Waals surface area (Å²) in [6.07, 6.45) is 3.21. The van der Waals surface area contributed by atoms with E-state index in [1.807, 2.05) is 6.26 Å². The summed E-state index contributed by atoms with van der Waals surface area (Å²) in [6.45, 7) is 0. The second-order valence-electron chi connectivity index (χ2n) is 0.918. The first-order chi connectivity index (χ1) is 3.43. The van der Waals surface area contributed by atoms with Crippen LogP contribution in [0, 0.1) is 0 Å². The van der Waals surface area contributed by atoms with E-state index in [4.69, 9.17) is 0 Å². The number of hydrogen-bond donors (Lipinski definition) is 0. The van der Waals surface area contributed by atoms with Crippen LogP contribution in [0.25, 0.3) is 0 Å². The molecule has 0 bridgehead atoms. The Morgan fingerprint density at radius 3 is 3.00 bits per heavy atom. The SMILES string of the molecule is CSc1ncon1.